The lowest BCUT2D eigenvalue weighted by Gasteiger charge is -2.36. The molecule has 1 saturated heterocycles. The Hall–Kier alpha value is -1.85. The summed E-state index contributed by atoms with van der Waals surface area (Å²) in [6.07, 6.45) is 5.56. The molecule has 144 valence electrons. The van der Waals surface area contributed by atoms with E-state index in [2.05, 4.69) is 21.7 Å². The van der Waals surface area contributed by atoms with Crippen LogP contribution in [-0.4, -0.2) is 29.9 Å². The highest BCUT2D eigenvalue weighted by Gasteiger charge is 2.31. The van der Waals surface area contributed by atoms with Crippen LogP contribution < -0.4 is 10.1 Å². The summed E-state index contributed by atoms with van der Waals surface area (Å²) in [5, 5.41) is 5.85. The maximum Gasteiger partial charge on any atom is 0.225 e. The van der Waals surface area contributed by atoms with Gasteiger partial charge in [0.25, 0.3) is 0 Å². The Balaban J connectivity index is 1.17. The van der Waals surface area contributed by atoms with E-state index in [1.807, 2.05) is 30.3 Å². The van der Waals surface area contributed by atoms with Crippen LogP contribution in [0.15, 0.2) is 41.8 Å². The average molecular weight is 385 g/mol. The monoisotopic (exact) mass is 384 g/mol. The number of carbonyl (C=O) groups is 1. The predicted octanol–water partition coefficient (Wildman–Crippen LogP) is 4.21. The zero-order valence-electron chi connectivity index (χ0n) is 15.7. The molecular weight excluding hydrogens is 356 g/mol. The molecule has 1 N–H and O–H groups in total. The van der Waals surface area contributed by atoms with E-state index in [0.29, 0.717) is 24.5 Å². The second kappa shape index (κ2) is 8.89. The molecule has 2 fully saturated rings. The van der Waals surface area contributed by atoms with Crippen molar-refractivity contribution < 1.29 is 9.53 Å². The molecule has 0 atom stereocenters. The molecule has 1 aliphatic carbocycles. The minimum absolute atomic E-state index is 0.331. The number of ether oxygens (including phenoxy) is 1. The van der Waals surface area contributed by atoms with Gasteiger partial charge >= 0.3 is 0 Å². The number of thiophene rings is 1. The summed E-state index contributed by atoms with van der Waals surface area (Å²) in [6.45, 7) is 3.33. The van der Waals surface area contributed by atoms with Gasteiger partial charge in [0.1, 0.15) is 12.4 Å². The Kier molecular flexibility index (Phi) is 6.10. The van der Waals surface area contributed by atoms with E-state index >= 15 is 0 Å². The first-order valence-electron chi connectivity index (χ1n) is 10.0. The molecule has 1 amide bonds. The van der Waals surface area contributed by atoms with Crippen LogP contribution in [0.4, 0.5) is 0 Å². The molecule has 5 heteroatoms. The van der Waals surface area contributed by atoms with E-state index < -0.39 is 0 Å². The van der Waals surface area contributed by atoms with Crippen molar-refractivity contribution in [3.63, 3.8) is 0 Å². The Labute approximate surface area is 165 Å². The Morgan fingerprint density at radius 3 is 2.63 bits per heavy atom. The van der Waals surface area contributed by atoms with Gasteiger partial charge in [0.15, 0.2) is 0 Å². The van der Waals surface area contributed by atoms with Gasteiger partial charge in [-0.3, -0.25) is 4.79 Å². The van der Waals surface area contributed by atoms with Crippen LogP contribution in [0.1, 0.15) is 42.5 Å². The van der Waals surface area contributed by atoms with Crippen LogP contribution in [0, 0.1) is 5.92 Å². The molecule has 1 saturated carbocycles. The first-order chi connectivity index (χ1) is 13.3. The first-order valence-corrected chi connectivity index (χ1v) is 10.9. The fourth-order valence-corrected chi connectivity index (χ4v) is 4.57. The number of hydrogen-bond donors (Lipinski definition) is 1. The zero-order valence-corrected chi connectivity index (χ0v) is 16.5. The topological polar surface area (TPSA) is 41.6 Å². The van der Waals surface area contributed by atoms with Crippen LogP contribution in [0.5, 0.6) is 5.75 Å². The maximum atomic E-state index is 12.3. The Bertz CT molecular complexity index is 734. The summed E-state index contributed by atoms with van der Waals surface area (Å²) >= 11 is 1.79. The number of amides is 1. The van der Waals surface area contributed by atoms with E-state index in [4.69, 9.17) is 4.74 Å². The molecule has 0 unspecified atom stereocenters. The summed E-state index contributed by atoms with van der Waals surface area (Å²) in [5.74, 6) is 1.64. The highest BCUT2D eigenvalue weighted by Crippen LogP contribution is 2.29. The van der Waals surface area contributed by atoms with Gasteiger partial charge in [-0.2, -0.15) is 0 Å². The largest absolute Gasteiger partial charge is 0.489 e. The van der Waals surface area contributed by atoms with Gasteiger partial charge in [0.2, 0.25) is 5.91 Å². The third kappa shape index (κ3) is 4.90. The van der Waals surface area contributed by atoms with Gasteiger partial charge in [-0.25, -0.2) is 0 Å². The van der Waals surface area contributed by atoms with E-state index in [9.17, 15) is 4.79 Å². The minimum atomic E-state index is 0.331. The van der Waals surface area contributed by atoms with Crippen LogP contribution in [0.25, 0.3) is 0 Å². The van der Waals surface area contributed by atoms with Crippen LogP contribution in [-0.2, 0) is 17.9 Å². The normalized spacial score (nSPS) is 18.3. The first kappa shape index (κ1) is 18.5. The lowest BCUT2D eigenvalue weighted by molar-refractivity contribution is -0.139. The molecule has 27 heavy (non-hydrogen) atoms. The third-order valence-corrected chi connectivity index (χ3v) is 6.67. The van der Waals surface area contributed by atoms with Gasteiger partial charge in [0, 0.05) is 42.0 Å². The molecule has 2 heterocycles. The molecule has 0 spiro atoms. The summed E-state index contributed by atoms with van der Waals surface area (Å²) in [4.78, 5) is 15.8. The molecule has 2 aliphatic rings. The quantitative estimate of drug-likeness (QED) is 0.778. The Morgan fingerprint density at radius 1 is 1.15 bits per heavy atom. The smallest absolute Gasteiger partial charge is 0.225 e. The zero-order chi connectivity index (χ0) is 18.5. The number of rotatable bonds is 7. The fraction of sp³-hybridized carbons (Fsp3) is 0.500. The van der Waals surface area contributed by atoms with Crippen LogP contribution >= 0.6 is 11.3 Å². The number of hydrogen-bond acceptors (Lipinski definition) is 4. The molecule has 0 bridgehead atoms. The van der Waals surface area contributed by atoms with Gasteiger partial charge in [-0.1, -0.05) is 24.6 Å². The predicted molar refractivity (Wildman–Crippen MR) is 109 cm³/mol. The lowest BCUT2D eigenvalue weighted by Crippen LogP contribution is -2.47. The van der Waals surface area contributed by atoms with Gasteiger partial charge in [-0.15, -0.1) is 11.3 Å². The number of nitrogens with zero attached hydrogens (tertiary/aromatic N) is 1. The molecule has 1 aromatic heterocycles. The molecular formula is C22H28N2O2S. The van der Waals surface area contributed by atoms with Crippen LogP contribution in [0.3, 0.4) is 0 Å². The van der Waals surface area contributed by atoms with E-state index in [-0.39, 0.29) is 0 Å². The molecule has 1 aromatic carbocycles. The number of likely N-dealkylation sites (tertiary alicyclic amines) is 1. The molecule has 0 radical (unpaired) electrons. The number of carbonyl (C=O) groups excluding carboxylic acids is 1. The van der Waals surface area contributed by atoms with E-state index in [1.54, 1.807) is 11.3 Å². The number of nitrogens with one attached hydrogen (secondary N) is 1. The van der Waals surface area contributed by atoms with Crippen molar-refractivity contribution in [1.82, 2.24) is 10.2 Å². The summed E-state index contributed by atoms with van der Waals surface area (Å²) in [7, 11) is 0. The molecule has 1 aliphatic heterocycles. The summed E-state index contributed by atoms with van der Waals surface area (Å²) in [5.41, 5.74) is 1.22. The van der Waals surface area contributed by atoms with Gasteiger partial charge in [-0.05, 0) is 49.3 Å². The van der Waals surface area contributed by atoms with Crippen molar-refractivity contribution in [2.75, 3.05) is 13.1 Å². The molecule has 2 aromatic rings. The van der Waals surface area contributed by atoms with Crippen molar-refractivity contribution in [3.8, 4) is 5.75 Å². The van der Waals surface area contributed by atoms with Crippen molar-refractivity contribution in [1.29, 1.82) is 0 Å². The summed E-state index contributed by atoms with van der Waals surface area (Å²) < 4.78 is 5.82. The highest BCUT2D eigenvalue weighted by molar-refractivity contribution is 7.10. The maximum absolute atomic E-state index is 12.3. The molecule has 4 rings (SSSR count). The van der Waals surface area contributed by atoms with Crippen molar-refractivity contribution >= 4 is 17.2 Å². The summed E-state index contributed by atoms with van der Waals surface area (Å²) in [6, 6.07) is 12.7. The number of benzene rings is 1. The van der Waals surface area contributed by atoms with Crippen molar-refractivity contribution in [2.24, 2.45) is 5.92 Å². The van der Waals surface area contributed by atoms with Gasteiger partial charge in [0.05, 0.1) is 0 Å². The number of para-hydroxylation sites is 1. The van der Waals surface area contributed by atoms with E-state index in [1.165, 1.54) is 16.9 Å². The molecule has 4 nitrogen and oxygen atoms in total. The second-order valence-electron chi connectivity index (χ2n) is 7.63. The SMILES string of the molecule is O=C(C1CCC1)N1CCC(NCc2cc(COc3ccccc3)cs2)CC1. The highest BCUT2D eigenvalue weighted by atomic mass is 32.1. The van der Waals surface area contributed by atoms with Crippen molar-refractivity contribution in [2.45, 2.75) is 51.3 Å². The van der Waals surface area contributed by atoms with Gasteiger partial charge < -0.3 is 15.0 Å². The minimum Gasteiger partial charge on any atom is -0.489 e. The van der Waals surface area contributed by atoms with Crippen LogP contribution in [0.2, 0.25) is 0 Å². The van der Waals surface area contributed by atoms with Crippen molar-refractivity contribution in [3.05, 3.63) is 52.2 Å². The second-order valence-corrected chi connectivity index (χ2v) is 8.63. The lowest BCUT2D eigenvalue weighted by atomic mass is 9.84. The number of piperidine rings is 1. The fourth-order valence-electron chi connectivity index (χ4n) is 3.74. The standard InChI is InChI=1S/C22H28N2O2S/c25-22(18-5-4-6-18)24-11-9-19(10-12-24)23-14-21-13-17(16-27-21)15-26-20-7-2-1-3-8-20/h1-3,7-8,13,16,18-19,23H,4-6,9-12,14-15H2. The third-order valence-electron chi connectivity index (χ3n) is 5.68. The van der Waals surface area contributed by atoms with E-state index in [0.717, 1.165) is 51.1 Å². The average Bonchev–Trinajstić information content (AvgIpc) is 3.12. The Morgan fingerprint density at radius 2 is 1.93 bits per heavy atom.